The molecule has 2 heteroatoms. The van der Waals surface area contributed by atoms with Crippen molar-refractivity contribution < 1.29 is 0 Å². The second-order valence-corrected chi connectivity index (χ2v) is 8.72. The van der Waals surface area contributed by atoms with Crippen LogP contribution in [0, 0.1) is 17.3 Å². The molecule has 0 bridgehead atoms. The average molecular weight is 286 g/mol. The van der Waals surface area contributed by atoms with Crippen LogP contribution >= 0.6 is 11.8 Å². The van der Waals surface area contributed by atoms with Gasteiger partial charge in [0.2, 0.25) is 0 Å². The lowest BCUT2D eigenvalue weighted by Gasteiger charge is -2.41. The monoisotopic (exact) mass is 285 g/mol. The normalized spacial score (nSPS) is 26.8. The fourth-order valence-corrected chi connectivity index (χ4v) is 4.04. The lowest BCUT2D eigenvalue weighted by atomic mass is 9.66. The maximum atomic E-state index is 3.67. The van der Waals surface area contributed by atoms with Crippen molar-refractivity contribution in [3.8, 4) is 0 Å². The smallest absolute Gasteiger partial charge is 0.00104 e. The molecule has 0 saturated heterocycles. The van der Waals surface area contributed by atoms with E-state index < -0.39 is 0 Å². The summed E-state index contributed by atoms with van der Waals surface area (Å²) in [6, 6.07) is 0.631. The highest BCUT2D eigenvalue weighted by molar-refractivity contribution is 7.99. The molecule has 114 valence electrons. The van der Waals surface area contributed by atoms with Gasteiger partial charge in [-0.3, -0.25) is 0 Å². The molecule has 1 aliphatic carbocycles. The molecule has 19 heavy (non-hydrogen) atoms. The van der Waals surface area contributed by atoms with Gasteiger partial charge in [0.25, 0.3) is 0 Å². The number of thioether (sulfide) groups is 1. The molecule has 0 heterocycles. The van der Waals surface area contributed by atoms with Crippen molar-refractivity contribution in [2.24, 2.45) is 17.3 Å². The number of hydrogen-bond donors (Lipinski definition) is 1. The van der Waals surface area contributed by atoms with Gasteiger partial charge in [0.1, 0.15) is 0 Å². The topological polar surface area (TPSA) is 12.0 Å². The largest absolute Gasteiger partial charge is 0.314 e. The van der Waals surface area contributed by atoms with Crippen molar-refractivity contribution in [3.63, 3.8) is 0 Å². The molecule has 0 spiro atoms. The first-order chi connectivity index (χ1) is 8.94. The highest BCUT2D eigenvalue weighted by Gasteiger charge is 2.34. The van der Waals surface area contributed by atoms with Crippen molar-refractivity contribution in [1.29, 1.82) is 0 Å². The Morgan fingerprint density at radius 1 is 1.26 bits per heavy atom. The van der Waals surface area contributed by atoms with Crippen LogP contribution in [-0.2, 0) is 0 Å². The number of nitrogens with one attached hydrogen (secondary N) is 1. The summed E-state index contributed by atoms with van der Waals surface area (Å²) in [6.07, 6.45) is 7.14. The standard InChI is InChI=1S/C17H35NS/c1-6-19-11-7-8-15-12-17(4,5)10-9-16(15)13-18-14(2)3/h14-16,18H,6-13H2,1-5H3. The minimum atomic E-state index is 0.580. The first kappa shape index (κ1) is 17.4. The van der Waals surface area contributed by atoms with Gasteiger partial charge in [0, 0.05) is 6.04 Å². The molecule has 0 aromatic rings. The Morgan fingerprint density at radius 3 is 2.63 bits per heavy atom. The Morgan fingerprint density at radius 2 is 2.00 bits per heavy atom. The highest BCUT2D eigenvalue weighted by Crippen LogP contribution is 2.43. The van der Waals surface area contributed by atoms with E-state index in [4.69, 9.17) is 0 Å². The Kier molecular flexibility index (Phi) is 7.83. The molecule has 1 aliphatic rings. The summed E-state index contributed by atoms with van der Waals surface area (Å²) in [7, 11) is 0. The maximum absolute atomic E-state index is 3.67. The van der Waals surface area contributed by atoms with Gasteiger partial charge in [-0.25, -0.2) is 0 Å². The molecule has 2 atom stereocenters. The molecule has 0 radical (unpaired) electrons. The van der Waals surface area contributed by atoms with Gasteiger partial charge in [-0.2, -0.15) is 11.8 Å². The van der Waals surface area contributed by atoms with E-state index in [1.54, 1.807) is 0 Å². The van der Waals surface area contributed by atoms with Gasteiger partial charge in [-0.05, 0) is 67.4 Å². The van der Waals surface area contributed by atoms with Crippen LogP contribution in [0.2, 0.25) is 0 Å². The summed E-state index contributed by atoms with van der Waals surface area (Å²) in [5.74, 6) is 4.50. The van der Waals surface area contributed by atoms with Crippen LogP contribution in [0.25, 0.3) is 0 Å². The second kappa shape index (κ2) is 8.56. The van der Waals surface area contributed by atoms with E-state index in [1.807, 2.05) is 0 Å². The second-order valence-electron chi connectivity index (χ2n) is 7.33. The zero-order chi connectivity index (χ0) is 14.3. The Balaban J connectivity index is 2.41. The van der Waals surface area contributed by atoms with Crippen molar-refractivity contribution in [2.45, 2.75) is 72.8 Å². The van der Waals surface area contributed by atoms with Gasteiger partial charge < -0.3 is 5.32 Å². The van der Waals surface area contributed by atoms with Crippen LogP contribution in [-0.4, -0.2) is 24.1 Å². The van der Waals surface area contributed by atoms with Crippen LogP contribution in [0.5, 0.6) is 0 Å². The lowest BCUT2D eigenvalue weighted by molar-refractivity contribution is 0.108. The molecule has 1 saturated carbocycles. The highest BCUT2D eigenvalue weighted by atomic mass is 32.2. The Labute approximate surface area is 125 Å². The van der Waals surface area contributed by atoms with E-state index in [9.17, 15) is 0 Å². The van der Waals surface area contributed by atoms with E-state index in [1.165, 1.54) is 50.2 Å². The van der Waals surface area contributed by atoms with E-state index >= 15 is 0 Å². The summed E-state index contributed by atoms with van der Waals surface area (Å²) >= 11 is 2.10. The minimum Gasteiger partial charge on any atom is -0.314 e. The van der Waals surface area contributed by atoms with Gasteiger partial charge in [0.05, 0.1) is 0 Å². The zero-order valence-corrected chi connectivity index (χ0v) is 14.6. The predicted octanol–water partition coefficient (Wildman–Crippen LogP) is 4.96. The summed E-state index contributed by atoms with van der Waals surface area (Å²) in [5.41, 5.74) is 0.580. The molecule has 2 unspecified atom stereocenters. The third kappa shape index (κ3) is 7.04. The van der Waals surface area contributed by atoms with Gasteiger partial charge in [-0.15, -0.1) is 0 Å². The SMILES string of the molecule is CCSCCCC1CC(C)(C)CCC1CNC(C)C. The van der Waals surface area contributed by atoms with Crippen LogP contribution < -0.4 is 5.32 Å². The molecule has 0 aliphatic heterocycles. The van der Waals surface area contributed by atoms with Crippen LogP contribution in [0.3, 0.4) is 0 Å². The predicted molar refractivity (Wildman–Crippen MR) is 90.0 cm³/mol. The zero-order valence-electron chi connectivity index (χ0n) is 13.8. The molecule has 1 rings (SSSR count). The molecule has 0 amide bonds. The van der Waals surface area contributed by atoms with Crippen molar-refractivity contribution >= 4 is 11.8 Å². The summed E-state index contributed by atoms with van der Waals surface area (Å²) < 4.78 is 0. The molecule has 0 aromatic heterocycles. The van der Waals surface area contributed by atoms with E-state index in [0.717, 1.165) is 11.8 Å². The van der Waals surface area contributed by atoms with E-state index in [2.05, 4.69) is 51.7 Å². The summed E-state index contributed by atoms with van der Waals surface area (Å²) in [6.45, 7) is 13.0. The lowest BCUT2D eigenvalue weighted by Crippen LogP contribution is -2.38. The third-order valence-electron chi connectivity index (χ3n) is 4.53. The van der Waals surface area contributed by atoms with Gasteiger partial charge in [0.15, 0.2) is 0 Å². The van der Waals surface area contributed by atoms with E-state index in [0.29, 0.717) is 11.5 Å². The van der Waals surface area contributed by atoms with Crippen LogP contribution in [0.1, 0.15) is 66.7 Å². The number of rotatable bonds is 8. The minimum absolute atomic E-state index is 0.580. The van der Waals surface area contributed by atoms with Crippen LogP contribution in [0.15, 0.2) is 0 Å². The quantitative estimate of drug-likeness (QED) is 0.633. The molecule has 1 nitrogen and oxygen atoms in total. The Bertz CT molecular complexity index is 235. The third-order valence-corrected chi connectivity index (χ3v) is 5.51. The summed E-state index contributed by atoms with van der Waals surface area (Å²) in [4.78, 5) is 0. The maximum Gasteiger partial charge on any atom is 0.00104 e. The van der Waals surface area contributed by atoms with Crippen molar-refractivity contribution in [2.75, 3.05) is 18.1 Å². The number of hydrogen-bond acceptors (Lipinski definition) is 2. The molecule has 0 aromatic carbocycles. The first-order valence-corrected chi connectivity index (χ1v) is 9.41. The van der Waals surface area contributed by atoms with E-state index in [-0.39, 0.29) is 0 Å². The van der Waals surface area contributed by atoms with Crippen LogP contribution in [0.4, 0.5) is 0 Å². The average Bonchev–Trinajstić information content (AvgIpc) is 2.32. The first-order valence-electron chi connectivity index (χ1n) is 8.25. The molecule has 1 N–H and O–H groups in total. The van der Waals surface area contributed by atoms with Crippen molar-refractivity contribution in [3.05, 3.63) is 0 Å². The summed E-state index contributed by atoms with van der Waals surface area (Å²) in [5, 5.41) is 3.67. The fraction of sp³-hybridized carbons (Fsp3) is 1.00. The molecular formula is C17H35NS. The van der Waals surface area contributed by atoms with Gasteiger partial charge >= 0.3 is 0 Å². The Hall–Kier alpha value is 0.310. The van der Waals surface area contributed by atoms with Gasteiger partial charge in [-0.1, -0.05) is 34.6 Å². The molecule has 1 fully saturated rings. The fourth-order valence-electron chi connectivity index (χ4n) is 3.38. The van der Waals surface area contributed by atoms with Crippen molar-refractivity contribution in [1.82, 2.24) is 5.32 Å². The molecular weight excluding hydrogens is 250 g/mol.